The zero-order valence-corrected chi connectivity index (χ0v) is 11.6. The number of hydroxylamine groups is 2. The first-order valence-electron chi connectivity index (χ1n) is 6.18. The first kappa shape index (κ1) is 14.8. The molecule has 1 heterocycles. The Bertz CT molecular complexity index is 313. The highest BCUT2D eigenvalue weighted by Crippen LogP contribution is 2.32. The fourth-order valence-electron chi connectivity index (χ4n) is 1.92. The molecule has 1 rings (SSSR count). The molecule has 104 valence electrons. The van der Waals surface area contributed by atoms with Crippen LogP contribution in [0.4, 0.5) is 4.79 Å². The van der Waals surface area contributed by atoms with E-state index < -0.39 is 5.41 Å². The predicted octanol–water partition coefficient (Wildman–Crippen LogP) is 1.26. The van der Waals surface area contributed by atoms with Crippen molar-refractivity contribution in [2.45, 2.75) is 26.7 Å². The lowest BCUT2D eigenvalue weighted by molar-refractivity contribution is -0.187. The second kappa shape index (κ2) is 6.04. The number of nitrogens with zero attached hydrogens (tertiary/aromatic N) is 2. The topological polar surface area (TPSA) is 59.1 Å². The van der Waals surface area contributed by atoms with Gasteiger partial charge in [0.2, 0.25) is 0 Å². The number of unbranched alkanes of at least 4 members (excludes halogenated alkanes) is 1. The summed E-state index contributed by atoms with van der Waals surface area (Å²) in [4.78, 5) is 29.9. The third-order valence-corrected chi connectivity index (χ3v) is 3.14. The van der Waals surface area contributed by atoms with Gasteiger partial charge >= 0.3 is 6.09 Å². The Kier molecular flexibility index (Phi) is 4.95. The number of carbonyl (C=O) groups excluding carboxylic acids is 2. The minimum absolute atomic E-state index is 0.123. The van der Waals surface area contributed by atoms with Gasteiger partial charge in [-0.2, -0.15) is 0 Å². The molecule has 6 heteroatoms. The average Bonchev–Trinajstić information content (AvgIpc) is 2.33. The summed E-state index contributed by atoms with van der Waals surface area (Å²) in [5, 5.41) is 1.19. The molecule has 1 aliphatic heterocycles. The molecule has 0 unspecified atom stereocenters. The second-order valence-corrected chi connectivity index (χ2v) is 4.87. The minimum Gasteiger partial charge on any atom is -0.449 e. The van der Waals surface area contributed by atoms with Crippen LogP contribution in [0, 0.1) is 5.41 Å². The van der Waals surface area contributed by atoms with Crippen molar-refractivity contribution in [1.29, 1.82) is 0 Å². The summed E-state index contributed by atoms with van der Waals surface area (Å²) >= 11 is 0. The third kappa shape index (κ3) is 3.13. The standard InChI is InChI=1S/C12H22N2O4/c1-5-6-7-18-11(16)14-8-12(2,9-14)10(15)13(3)17-4/h5-9H2,1-4H3. The van der Waals surface area contributed by atoms with Crippen LogP contribution in [0.25, 0.3) is 0 Å². The largest absolute Gasteiger partial charge is 0.449 e. The van der Waals surface area contributed by atoms with Gasteiger partial charge in [-0.15, -0.1) is 0 Å². The van der Waals surface area contributed by atoms with Crippen LogP contribution < -0.4 is 0 Å². The van der Waals surface area contributed by atoms with E-state index >= 15 is 0 Å². The molecule has 0 aromatic heterocycles. The van der Waals surface area contributed by atoms with Crippen molar-refractivity contribution in [2.24, 2.45) is 5.41 Å². The molecule has 0 aromatic rings. The van der Waals surface area contributed by atoms with E-state index in [2.05, 4.69) is 0 Å². The Balaban J connectivity index is 2.37. The highest BCUT2D eigenvalue weighted by atomic mass is 16.7. The summed E-state index contributed by atoms with van der Waals surface area (Å²) < 4.78 is 5.08. The molecule has 1 saturated heterocycles. The number of hydrogen-bond acceptors (Lipinski definition) is 4. The average molecular weight is 258 g/mol. The molecule has 18 heavy (non-hydrogen) atoms. The monoisotopic (exact) mass is 258 g/mol. The number of ether oxygens (including phenoxy) is 1. The van der Waals surface area contributed by atoms with Crippen LogP contribution in [0.15, 0.2) is 0 Å². The van der Waals surface area contributed by atoms with Crippen molar-refractivity contribution in [3.63, 3.8) is 0 Å². The van der Waals surface area contributed by atoms with E-state index in [1.165, 1.54) is 17.1 Å². The molecule has 0 spiro atoms. The summed E-state index contributed by atoms with van der Waals surface area (Å²) in [5.41, 5.74) is -0.561. The molecular formula is C12H22N2O4. The maximum atomic E-state index is 11.9. The van der Waals surface area contributed by atoms with Crippen LogP contribution in [0.3, 0.4) is 0 Å². The highest BCUT2D eigenvalue weighted by molar-refractivity contribution is 5.85. The molecular weight excluding hydrogens is 236 g/mol. The van der Waals surface area contributed by atoms with Gasteiger partial charge in [-0.1, -0.05) is 13.3 Å². The Morgan fingerprint density at radius 3 is 2.50 bits per heavy atom. The van der Waals surface area contributed by atoms with Crippen LogP contribution in [0.1, 0.15) is 26.7 Å². The molecule has 0 atom stereocenters. The van der Waals surface area contributed by atoms with E-state index in [4.69, 9.17) is 9.57 Å². The van der Waals surface area contributed by atoms with Gasteiger partial charge in [0.15, 0.2) is 0 Å². The number of amides is 2. The summed E-state index contributed by atoms with van der Waals surface area (Å²) in [7, 11) is 3.01. The van der Waals surface area contributed by atoms with Gasteiger partial charge < -0.3 is 9.64 Å². The Labute approximate surface area is 108 Å². The fourth-order valence-corrected chi connectivity index (χ4v) is 1.92. The first-order valence-corrected chi connectivity index (χ1v) is 6.18. The van der Waals surface area contributed by atoms with Gasteiger partial charge in [-0.25, -0.2) is 9.86 Å². The number of hydrogen-bond donors (Lipinski definition) is 0. The number of likely N-dealkylation sites (tertiary alicyclic amines) is 1. The maximum absolute atomic E-state index is 11.9. The Morgan fingerprint density at radius 2 is 2.00 bits per heavy atom. The van der Waals surface area contributed by atoms with Crippen molar-refractivity contribution in [3.8, 4) is 0 Å². The molecule has 2 amide bonds. The van der Waals surface area contributed by atoms with E-state index in [-0.39, 0.29) is 12.0 Å². The fraction of sp³-hybridized carbons (Fsp3) is 0.833. The summed E-state index contributed by atoms with van der Waals surface area (Å²) in [6.07, 6.45) is 1.51. The van der Waals surface area contributed by atoms with Crippen LogP contribution in [0.5, 0.6) is 0 Å². The lowest BCUT2D eigenvalue weighted by Crippen LogP contribution is -2.63. The van der Waals surface area contributed by atoms with E-state index in [0.717, 1.165) is 12.8 Å². The van der Waals surface area contributed by atoms with Gasteiger partial charge in [0, 0.05) is 20.1 Å². The second-order valence-electron chi connectivity index (χ2n) is 4.87. The zero-order valence-electron chi connectivity index (χ0n) is 11.6. The molecule has 1 aliphatic rings. The number of carbonyl (C=O) groups is 2. The smallest absolute Gasteiger partial charge is 0.409 e. The van der Waals surface area contributed by atoms with Crippen molar-refractivity contribution >= 4 is 12.0 Å². The lowest BCUT2D eigenvalue weighted by Gasteiger charge is -2.46. The number of rotatable bonds is 5. The van der Waals surface area contributed by atoms with Crippen LogP contribution >= 0.6 is 0 Å². The Hall–Kier alpha value is -1.30. The summed E-state index contributed by atoms with van der Waals surface area (Å²) in [5.74, 6) is -0.123. The van der Waals surface area contributed by atoms with Crippen molar-refractivity contribution < 1.29 is 19.2 Å². The summed E-state index contributed by atoms with van der Waals surface area (Å²) in [6, 6.07) is 0. The molecule has 0 aliphatic carbocycles. The van der Waals surface area contributed by atoms with Crippen molar-refractivity contribution in [1.82, 2.24) is 9.96 Å². The van der Waals surface area contributed by atoms with Crippen LogP contribution in [0.2, 0.25) is 0 Å². The van der Waals surface area contributed by atoms with Gasteiger partial charge in [0.05, 0.1) is 19.1 Å². The van der Waals surface area contributed by atoms with Gasteiger partial charge in [0.25, 0.3) is 5.91 Å². The first-order chi connectivity index (χ1) is 8.44. The van der Waals surface area contributed by atoms with E-state index in [9.17, 15) is 9.59 Å². The SMILES string of the molecule is CCCCOC(=O)N1CC(C)(C(=O)N(C)OC)C1. The van der Waals surface area contributed by atoms with Crippen LogP contribution in [-0.2, 0) is 14.4 Å². The Morgan fingerprint density at radius 1 is 1.39 bits per heavy atom. The van der Waals surface area contributed by atoms with Gasteiger partial charge in [0.1, 0.15) is 0 Å². The lowest BCUT2D eigenvalue weighted by atomic mass is 9.81. The van der Waals surface area contributed by atoms with Gasteiger partial charge in [-0.3, -0.25) is 9.63 Å². The molecule has 0 bridgehead atoms. The molecule has 1 fully saturated rings. The van der Waals surface area contributed by atoms with E-state index in [0.29, 0.717) is 19.7 Å². The molecule has 6 nitrogen and oxygen atoms in total. The van der Waals surface area contributed by atoms with E-state index in [1.807, 2.05) is 13.8 Å². The molecule has 0 N–H and O–H groups in total. The quantitative estimate of drug-likeness (QED) is 0.550. The minimum atomic E-state index is -0.561. The van der Waals surface area contributed by atoms with Crippen molar-refractivity contribution in [3.05, 3.63) is 0 Å². The zero-order chi connectivity index (χ0) is 13.8. The van der Waals surface area contributed by atoms with Crippen molar-refractivity contribution in [2.75, 3.05) is 33.9 Å². The predicted molar refractivity (Wildman–Crippen MR) is 65.7 cm³/mol. The highest BCUT2D eigenvalue weighted by Gasteiger charge is 2.49. The van der Waals surface area contributed by atoms with E-state index in [1.54, 1.807) is 7.05 Å². The molecule has 0 saturated carbocycles. The van der Waals surface area contributed by atoms with Crippen LogP contribution in [-0.4, -0.2) is 55.8 Å². The van der Waals surface area contributed by atoms with Gasteiger partial charge in [-0.05, 0) is 13.3 Å². The molecule has 0 radical (unpaired) electrons. The normalized spacial score (nSPS) is 17.0. The molecule has 0 aromatic carbocycles. The summed E-state index contributed by atoms with van der Waals surface area (Å²) in [6.45, 7) is 5.05. The third-order valence-electron chi connectivity index (χ3n) is 3.14. The maximum Gasteiger partial charge on any atom is 0.409 e.